The number of nitrogens with zero attached hydrogens (tertiary/aromatic N) is 4. The summed E-state index contributed by atoms with van der Waals surface area (Å²) in [5.74, 6) is 0.953. The Morgan fingerprint density at radius 1 is 1.00 bits per heavy atom. The molecule has 0 amide bonds. The maximum atomic E-state index is 4.36. The first-order valence-electron chi connectivity index (χ1n) is 8.98. The van der Waals surface area contributed by atoms with Crippen molar-refractivity contribution in [3.8, 4) is 0 Å². The molecule has 1 unspecified atom stereocenters. The van der Waals surface area contributed by atoms with Gasteiger partial charge in [-0.15, -0.1) is 24.0 Å². The van der Waals surface area contributed by atoms with Crippen LogP contribution >= 0.6 is 24.0 Å². The standard InChI is InChI=1S/C16H32N6.HI/c1-17-16(18-5-8-20-6-3-2-4-7-20)19-13-15-14-21-9-11-22(15)12-10-21;/h15H,2-14H2,1H3,(H2,17,18,19);1H. The molecule has 0 saturated carbocycles. The minimum Gasteiger partial charge on any atom is -0.355 e. The quantitative estimate of drug-likeness (QED) is 0.368. The second-order valence-electron chi connectivity index (χ2n) is 6.77. The zero-order valence-electron chi connectivity index (χ0n) is 14.5. The van der Waals surface area contributed by atoms with Crippen LogP contribution < -0.4 is 10.6 Å². The highest BCUT2D eigenvalue weighted by molar-refractivity contribution is 14.0. The Morgan fingerprint density at radius 3 is 2.35 bits per heavy atom. The van der Waals surface area contributed by atoms with Gasteiger partial charge >= 0.3 is 0 Å². The molecule has 4 rings (SSSR count). The Hall–Kier alpha value is -0.120. The summed E-state index contributed by atoms with van der Waals surface area (Å²) in [7, 11) is 1.87. The molecule has 0 radical (unpaired) electrons. The van der Waals surface area contributed by atoms with Crippen molar-refractivity contribution < 1.29 is 0 Å². The second kappa shape index (κ2) is 10.0. The van der Waals surface area contributed by atoms with Crippen LogP contribution in [0.1, 0.15) is 19.3 Å². The minimum atomic E-state index is 0. The van der Waals surface area contributed by atoms with E-state index >= 15 is 0 Å². The molecule has 2 N–H and O–H groups in total. The molecule has 2 bridgehead atoms. The Kier molecular flexibility index (Phi) is 8.35. The summed E-state index contributed by atoms with van der Waals surface area (Å²) in [6.45, 7) is 11.8. The Labute approximate surface area is 158 Å². The van der Waals surface area contributed by atoms with Gasteiger partial charge in [0.25, 0.3) is 0 Å². The molecule has 4 heterocycles. The third kappa shape index (κ3) is 5.72. The maximum Gasteiger partial charge on any atom is 0.191 e. The molecule has 0 aromatic rings. The number of halogens is 1. The Morgan fingerprint density at radius 2 is 1.74 bits per heavy atom. The average molecular weight is 436 g/mol. The van der Waals surface area contributed by atoms with E-state index in [9.17, 15) is 0 Å². The first-order valence-corrected chi connectivity index (χ1v) is 8.98. The van der Waals surface area contributed by atoms with Gasteiger partial charge in [0.15, 0.2) is 5.96 Å². The fourth-order valence-electron chi connectivity index (χ4n) is 3.87. The number of hydrogen-bond donors (Lipinski definition) is 2. The number of aliphatic imine (C=N–C) groups is 1. The Bertz CT molecular complexity index is 364. The van der Waals surface area contributed by atoms with Gasteiger partial charge in [0.1, 0.15) is 0 Å². The zero-order valence-corrected chi connectivity index (χ0v) is 16.8. The van der Waals surface area contributed by atoms with Crippen molar-refractivity contribution >= 4 is 29.9 Å². The first kappa shape index (κ1) is 19.2. The van der Waals surface area contributed by atoms with E-state index in [0.717, 1.165) is 25.6 Å². The summed E-state index contributed by atoms with van der Waals surface area (Å²) in [5.41, 5.74) is 0. The van der Waals surface area contributed by atoms with Gasteiger partial charge in [-0.3, -0.25) is 14.8 Å². The number of likely N-dealkylation sites (tertiary alicyclic amines) is 1. The number of guanidine groups is 1. The van der Waals surface area contributed by atoms with Crippen molar-refractivity contribution in [2.75, 3.05) is 72.5 Å². The lowest BCUT2D eigenvalue weighted by atomic mass is 10.1. The molecule has 4 aliphatic heterocycles. The molecule has 6 nitrogen and oxygen atoms in total. The van der Waals surface area contributed by atoms with E-state index in [1.54, 1.807) is 0 Å². The van der Waals surface area contributed by atoms with Gasteiger partial charge in [-0.2, -0.15) is 0 Å². The number of nitrogens with one attached hydrogen (secondary N) is 2. The van der Waals surface area contributed by atoms with Gasteiger partial charge in [0.05, 0.1) is 0 Å². The molecule has 23 heavy (non-hydrogen) atoms. The van der Waals surface area contributed by atoms with Crippen molar-refractivity contribution in [3.05, 3.63) is 0 Å². The lowest BCUT2D eigenvalue weighted by molar-refractivity contribution is 0.0154. The van der Waals surface area contributed by atoms with Crippen LogP contribution in [0.3, 0.4) is 0 Å². The van der Waals surface area contributed by atoms with E-state index in [1.165, 1.54) is 65.1 Å². The van der Waals surface area contributed by atoms with Gasteiger partial charge in [0, 0.05) is 65.4 Å². The molecule has 134 valence electrons. The summed E-state index contributed by atoms with van der Waals surface area (Å²) < 4.78 is 0. The fourth-order valence-corrected chi connectivity index (χ4v) is 3.87. The number of piperazine rings is 3. The van der Waals surface area contributed by atoms with Crippen LogP contribution in [0.4, 0.5) is 0 Å². The summed E-state index contributed by atoms with van der Waals surface area (Å²) in [5, 5.41) is 6.98. The van der Waals surface area contributed by atoms with E-state index in [4.69, 9.17) is 0 Å². The lowest BCUT2D eigenvalue weighted by Gasteiger charge is -2.47. The third-order valence-electron chi connectivity index (χ3n) is 5.29. The van der Waals surface area contributed by atoms with Crippen LogP contribution in [0.2, 0.25) is 0 Å². The van der Waals surface area contributed by atoms with Gasteiger partial charge in [-0.25, -0.2) is 0 Å². The molecule has 1 atom stereocenters. The number of piperidine rings is 1. The van der Waals surface area contributed by atoms with Crippen molar-refractivity contribution in [1.82, 2.24) is 25.3 Å². The largest absolute Gasteiger partial charge is 0.355 e. The van der Waals surface area contributed by atoms with E-state index in [2.05, 4.69) is 30.3 Å². The fraction of sp³-hybridized carbons (Fsp3) is 0.938. The van der Waals surface area contributed by atoms with Crippen molar-refractivity contribution in [1.29, 1.82) is 0 Å². The van der Waals surface area contributed by atoms with Gasteiger partial charge in [-0.1, -0.05) is 6.42 Å². The van der Waals surface area contributed by atoms with Crippen LogP contribution in [0, 0.1) is 0 Å². The highest BCUT2D eigenvalue weighted by Gasteiger charge is 2.31. The molecule has 0 aliphatic carbocycles. The van der Waals surface area contributed by atoms with Crippen molar-refractivity contribution in [2.24, 2.45) is 4.99 Å². The smallest absolute Gasteiger partial charge is 0.191 e. The van der Waals surface area contributed by atoms with Crippen LogP contribution in [0.15, 0.2) is 4.99 Å². The SMILES string of the molecule is CN=C(NCCN1CCCCC1)NCC1CN2CCN1CC2.I. The minimum absolute atomic E-state index is 0. The van der Waals surface area contributed by atoms with E-state index < -0.39 is 0 Å². The second-order valence-corrected chi connectivity index (χ2v) is 6.77. The molecular weight excluding hydrogens is 403 g/mol. The van der Waals surface area contributed by atoms with Crippen LogP contribution in [-0.2, 0) is 0 Å². The predicted octanol–water partition coefficient (Wildman–Crippen LogP) is 0.255. The molecular formula is C16H33IN6. The average Bonchev–Trinajstić information content (AvgIpc) is 2.60. The van der Waals surface area contributed by atoms with Crippen molar-refractivity contribution in [2.45, 2.75) is 25.3 Å². The summed E-state index contributed by atoms with van der Waals surface area (Å²) in [6, 6.07) is 0.642. The third-order valence-corrected chi connectivity index (χ3v) is 5.29. The highest BCUT2D eigenvalue weighted by atomic mass is 127. The van der Waals surface area contributed by atoms with E-state index in [0.29, 0.717) is 6.04 Å². The molecule has 4 saturated heterocycles. The number of fused-ring (bicyclic) bond motifs is 3. The van der Waals surface area contributed by atoms with E-state index in [1.807, 2.05) is 7.05 Å². The molecule has 0 aromatic heterocycles. The first-order chi connectivity index (χ1) is 10.8. The van der Waals surface area contributed by atoms with Crippen LogP contribution in [0.5, 0.6) is 0 Å². The highest BCUT2D eigenvalue weighted by Crippen LogP contribution is 2.14. The van der Waals surface area contributed by atoms with Gasteiger partial charge in [0.2, 0.25) is 0 Å². The van der Waals surface area contributed by atoms with Gasteiger partial charge < -0.3 is 15.5 Å². The topological polar surface area (TPSA) is 46.1 Å². The normalized spacial score (nSPS) is 31.5. The maximum absolute atomic E-state index is 4.36. The molecule has 0 aromatic carbocycles. The molecule has 4 aliphatic rings. The van der Waals surface area contributed by atoms with Crippen LogP contribution in [0.25, 0.3) is 0 Å². The van der Waals surface area contributed by atoms with Crippen LogP contribution in [-0.4, -0.2) is 99.2 Å². The summed E-state index contributed by atoms with van der Waals surface area (Å²) in [6.07, 6.45) is 4.13. The number of hydrogen-bond acceptors (Lipinski definition) is 4. The zero-order chi connectivity index (χ0) is 15.2. The van der Waals surface area contributed by atoms with E-state index in [-0.39, 0.29) is 24.0 Å². The summed E-state index contributed by atoms with van der Waals surface area (Å²) in [4.78, 5) is 12.1. The Balaban J connectivity index is 0.00000192. The monoisotopic (exact) mass is 436 g/mol. The number of rotatable bonds is 5. The van der Waals surface area contributed by atoms with Crippen molar-refractivity contribution in [3.63, 3.8) is 0 Å². The molecule has 7 heteroatoms. The molecule has 0 spiro atoms. The predicted molar refractivity (Wildman–Crippen MR) is 107 cm³/mol. The lowest BCUT2D eigenvalue weighted by Crippen LogP contribution is -2.63. The summed E-state index contributed by atoms with van der Waals surface area (Å²) >= 11 is 0. The van der Waals surface area contributed by atoms with Gasteiger partial charge in [-0.05, 0) is 25.9 Å². The molecule has 4 fully saturated rings.